The van der Waals surface area contributed by atoms with Crippen LogP contribution in [0.25, 0.3) is 0 Å². The molecule has 2 atom stereocenters. The molecule has 0 saturated heterocycles. The molecule has 0 aromatic heterocycles. The summed E-state index contributed by atoms with van der Waals surface area (Å²) in [4.78, 5) is 0. The van der Waals surface area contributed by atoms with Gasteiger partial charge in [0, 0.05) is 0 Å². The molecule has 0 radical (unpaired) electrons. The summed E-state index contributed by atoms with van der Waals surface area (Å²) in [5.41, 5.74) is 0.192. The SMILES string of the molecule is C#CCBr.C#CCOC(CC=C)c1cc(F)c(F)c(F)c1.C=CCC(O)c1cc(F)c(F)c(F)c1. The molecule has 9 heteroatoms. The molecular formula is C26H23BrF6O2. The van der Waals surface area contributed by atoms with E-state index < -0.39 is 47.1 Å². The molecular weight excluding hydrogens is 538 g/mol. The van der Waals surface area contributed by atoms with Crippen molar-refractivity contribution in [1.82, 2.24) is 0 Å². The Hall–Kier alpha value is -2.98. The smallest absolute Gasteiger partial charge is 0.194 e. The number of hydrogen-bond donors (Lipinski definition) is 1. The summed E-state index contributed by atoms with van der Waals surface area (Å²) in [6.45, 7) is 6.87. The van der Waals surface area contributed by atoms with Crippen molar-refractivity contribution in [3.05, 3.63) is 95.6 Å². The predicted octanol–water partition coefficient (Wildman–Crippen LogP) is 7.10. The Balaban J connectivity index is 0.000000581. The van der Waals surface area contributed by atoms with Gasteiger partial charge in [-0.1, -0.05) is 39.9 Å². The first-order chi connectivity index (χ1) is 16.6. The third-order valence-electron chi connectivity index (χ3n) is 3.98. The molecule has 0 fully saturated rings. The summed E-state index contributed by atoms with van der Waals surface area (Å²) >= 11 is 3.01. The highest BCUT2D eigenvalue weighted by molar-refractivity contribution is 9.09. The quantitative estimate of drug-likeness (QED) is 0.123. The molecule has 0 bridgehead atoms. The fourth-order valence-corrected chi connectivity index (χ4v) is 2.42. The first-order valence-corrected chi connectivity index (χ1v) is 10.9. The van der Waals surface area contributed by atoms with Gasteiger partial charge in [0.15, 0.2) is 34.9 Å². The van der Waals surface area contributed by atoms with Gasteiger partial charge >= 0.3 is 0 Å². The monoisotopic (exact) mass is 560 g/mol. The van der Waals surface area contributed by atoms with Gasteiger partial charge in [-0.2, -0.15) is 0 Å². The van der Waals surface area contributed by atoms with E-state index in [1.165, 1.54) is 12.2 Å². The summed E-state index contributed by atoms with van der Waals surface area (Å²) in [6.07, 6.45) is 11.5. The fourth-order valence-electron chi connectivity index (χ4n) is 2.42. The third-order valence-corrected chi connectivity index (χ3v) is 4.31. The molecule has 0 aliphatic heterocycles. The van der Waals surface area contributed by atoms with Crippen LogP contribution in [-0.4, -0.2) is 17.0 Å². The zero-order valence-electron chi connectivity index (χ0n) is 18.5. The van der Waals surface area contributed by atoms with Gasteiger partial charge in [0.25, 0.3) is 0 Å². The second kappa shape index (κ2) is 17.5. The van der Waals surface area contributed by atoms with E-state index in [9.17, 15) is 31.4 Å². The minimum absolute atomic E-state index is 0.000872. The Labute approximate surface area is 209 Å². The van der Waals surface area contributed by atoms with Gasteiger partial charge in [-0.15, -0.1) is 26.0 Å². The van der Waals surface area contributed by atoms with E-state index in [0.717, 1.165) is 24.3 Å². The van der Waals surface area contributed by atoms with Gasteiger partial charge < -0.3 is 9.84 Å². The van der Waals surface area contributed by atoms with E-state index >= 15 is 0 Å². The normalized spacial score (nSPS) is 11.4. The highest BCUT2D eigenvalue weighted by atomic mass is 79.9. The van der Waals surface area contributed by atoms with E-state index in [0.29, 0.717) is 11.8 Å². The molecule has 0 spiro atoms. The van der Waals surface area contributed by atoms with Gasteiger partial charge in [-0.05, 0) is 48.2 Å². The summed E-state index contributed by atoms with van der Waals surface area (Å²) < 4.78 is 81.9. The Morgan fingerprint density at radius 2 is 1.23 bits per heavy atom. The number of benzene rings is 2. The van der Waals surface area contributed by atoms with Crippen LogP contribution < -0.4 is 0 Å². The molecule has 0 saturated carbocycles. The Morgan fingerprint density at radius 3 is 1.57 bits per heavy atom. The van der Waals surface area contributed by atoms with Crippen LogP contribution in [0.3, 0.4) is 0 Å². The van der Waals surface area contributed by atoms with Crippen LogP contribution in [0.15, 0.2) is 49.6 Å². The van der Waals surface area contributed by atoms with Crippen molar-refractivity contribution in [1.29, 1.82) is 0 Å². The molecule has 2 aromatic carbocycles. The van der Waals surface area contributed by atoms with Crippen molar-refractivity contribution in [2.75, 3.05) is 11.9 Å². The van der Waals surface area contributed by atoms with Gasteiger partial charge in [0.2, 0.25) is 0 Å². The lowest BCUT2D eigenvalue weighted by Gasteiger charge is -2.15. The number of rotatable bonds is 8. The number of aliphatic hydroxyl groups is 1. The van der Waals surface area contributed by atoms with Crippen LogP contribution in [0.4, 0.5) is 26.3 Å². The lowest BCUT2D eigenvalue weighted by Crippen LogP contribution is -2.06. The minimum Gasteiger partial charge on any atom is -0.388 e. The molecule has 0 aliphatic carbocycles. The average molecular weight is 561 g/mol. The number of terminal acetylenes is 2. The molecule has 2 nitrogen and oxygen atoms in total. The van der Waals surface area contributed by atoms with Crippen LogP contribution in [0.2, 0.25) is 0 Å². The summed E-state index contributed by atoms with van der Waals surface area (Å²) in [6, 6.07) is 3.32. The number of hydrogen-bond acceptors (Lipinski definition) is 2. The van der Waals surface area contributed by atoms with Gasteiger partial charge in [0.1, 0.15) is 6.61 Å². The van der Waals surface area contributed by atoms with Crippen molar-refractivity contribution in [2.45, 2.75) is 25.0 Å². The molecule has 35 heavy (non-hydrogen) atoms. The van der Waals surface area contributed by atoms with Crippen LogP contribution >= 0.6 is 15.9 Å². The third kappa shape index (κ3) is 11.3. The highest BCUT2D eigenvalue weighted by Gasteiger charge is 2.17. The Bertz CT molecular complexity index is 1010. The molecule has 2 aromatic rings. The Kier molecular flexibility index (Phi) is 16.0. The number of alkyl halides is 1. The molecule has 0 amide bonds. The van der Waals surface area contributed by atoms with Crippen LogP contribution in [0.1, 0.15) is 36.2 Å². The lowest BCUT2D eigenvalue weighted by molar-refractivity contribution is 0.0797. The van der Waals surface area contributed by atoms with Crippen molar-refractivity contribution in [3.8, 4) is 24.7 Å². The van der Waals surface area contributed by atoms with E-state index in [1.54, 1.807) is 0 Å². The van der Waals surface area contributed by atoms with Crippen molar-refractivity contribution < 1.29 is 36.2 Å². The van der Waals surface area contributed by atoms with Crippen molar-refractivity contribution in [2.24, 2.45) is 0 Å². The number of halogens is 7. The zero-order valence-corrected chi connectivity index (χ0v) is 20.1. The van der Waals surface area contributed by atoms with Crippen LogP contribution in [0, 0.1) is 59.6 Å². The topological polar surface area (TPSA) is 29.5 Å². The van der Waals surface area contributed by atoms with Crippen LogP contribution in [0.5, 0.6) is 0 Å². The second-order valence-corrected chi connectivity index (χ2v) is 7.06. The predicted molar refractivity (Wildman–Crippen MR) is 127 cm³/mol. The van der Waals surface area contributed by atoms with E-state index in [4.69, 9.17) is 17.6 Å². The fraction of sp³-hybridized carbons (Fsp3) is 0.231. The van der Waals surface area contributed by atoms with Gasteiger partial charge in [-0.3, -0.25) is 0 Å². The molecule has 1 N–H and O–H groups in total. The summed E-state index contributed by atoms with van der Waals surface area (Å²) in [5.74, 6) is -3.54. The minimum atomic E-state index is -1.53. The maximum atomic E-state index is 13.0. The van der Waals surface area contributed by atoms with E-state index in [-0.39, 0.29) is 24.2 Å². The molecule has 2 rings (SSSR count). The maximum absolute atomic E-state index is 13.0. The first kappa shape index (κ1) is 32.0. The summed E-state index contributed by atoms with van der Waals surface area (Å²) in [7, 11) is 0. The van der Waals surface area contributed by atoms with Crippen molar-refractivity contribution in [3.63, 3.8) is 0 Å². The average Bonchev–Trinajstić information content (AvgIpc) is 2.83. The molecule has 0 heterocycles. The van der Waals surface area contributed by atoms with E-state index in [2.05, 4.69) is 40.9 Å². The first-order valence-electron chi connectivity index (χ1n) is 9.80. The Morgan fingerprint density at radius 1 is 0.829 bits per heavy atom. The van der Waals surface area contributed by atoms with Crippen molar-refractivity contribution >= 4 is 15.9 Å². The van der Waals surface area contributed by atoms with E-state index in [1.807, 2.05) is 0 Å². The zero-order chi connectivity index (χ0) is 27.0. The standard InChI is InChI=1S/C13H11F3O.C10H9F3O.C3H3Br/c1-3-5-12(17-6-4-2)9-7-10(14)13(16)11(15)8-9;1-2-3-9(14)6-4-7(11)10(13)8(12)5-6;1-2-3-4/h2-3,7-8,12H,1,5-6H2;2,4-5,9,14H,1,3H2;1H,3H2. The molecule has 0 aliphatic rings. The molecule has 2 unspecified atom stereocenters. The summed E-state index contributed by atoms with van der Waals surface area (Å²) in [5, 5.41) is 9.99. The molecule has 188 valence electrons. The highest BCUT2D eigenvalue weighted by Crippen LogP contribution is 2.25. The van der Waals surface area contributed by atoms with Gasteiger partial charge in [-0.25, -0.2) is 26.3 Å². The van der Waals surface area contributed by atoms with Crippen LogP contribution in [-0.2, 0) is 4.74 Å². The van der Waals surface area contributed by atoms with Gasteiger partial charge in [0.05, 0.1) is 17.5 Å². The maximum Gasteiger partial charge on any atom is 0.194 e. The lowest BCUT2D eigenvalue weighted by atomic mass is 10.1. The second-order valence-electron chi connectivity index (χ2n) is 6.50. The number of ether oxygens (including phenoxy) is 1. The largest absolute Gasteiger partial charge is 0.388 e. The number of aliphatic hydroxyl groups excluding tert-OH is 1.